The number of nitrogens with one attached hydrogen (secondary N) is 2. The number of carbonyl (C=O) groups excluding carboxylic acids is 2. The first kappa shape index (κ1) is 27.6. The average molecular weight is 472 g/mol. The van der Waals surface area contributed by atoms with Gasteiger partial charge in [-0.1, -0.05) is 71.0 Å². The zero-order valence-electron chi connectivity index (χ0n) is 21.8. The number of carboxylic acids is 1. The second kappa shape index (κ2) is 10.7. The molecule has 7 nitrogen and oxygen atoms in total. The lowest BCUT2D eigenvalue weighted by Crippen LogP contribution is -2.60. The van der Waals surface area contributed by atoms with Gasteiger partial charge >= 0.3 is 5.97 Å². The Bertz CT molecular complexity index is 914. The third kappa shape index (κ3) is 6.06. The van der Waals surface area contributed by atoms with E-state index in [-0.39, 0.29) is 28.7 Å². The fraction of sp³-hybridized carbons (Fsp3) is 0.593. The van der Waals surface area contributed by atoms with Gasteiger partial charge in [-0.25, -0.2) is 4.79 Å². The van der Waals surface area contributed by atoms with Crippen LogP contribution < -0.4 is 10.6 Å². The van der Waals surface area contributed by atoms with Crippen LogP contribution in [0.3, 0.4) is 0 Å². The lowest BCUT2D eigenvalue weighted by Gasteiger charge is -2.38. The second-order valence-electron chi connectivity index (χ2n) is 10.9. The van der Waals surface area contributed by atoms with Crippen molar-refractivity contribution in [2.75, 3.05) is 14.1 Å². The van der Waals surface area contributed by atoms with Gasteiger partial charge in [-0.05, 0) is 43.7 Å². The molecule has 188 valence electrons. The maximum Gasteiger partial charge on any atom is 0.331 e. The normalized spacial score (nSPS) is 18.1. The molecular formula is C27H41N3O4. The van der Waals surface area contributed by atoms with Crippen molar-refractivity contribution < 1.29 is 19.5 Å². The fourth-order valence-corrected chi connectivity index (χ4v) is 4.61. The molecule has 2 amide bonds. The van der Waals surface area contributed by atoms with Crippen molar-refractivity contribution in [3.05, 3.63) is 47.5 Å². The van der Waals surface area contributed by atoms with Gasteiger partial charge in [-0.2, -0.15) is 0 Å². The minimum Gasteiger partial charge on any atom is -0.478 e. The Hall–Kier alpha value is -2.67. The van der Waals surface area contributed by atoms with Crippen molar-refractivity contribution in [1.29, 1.82) is 0 Å². The molecule has 3 atom stereocenters. The minimum absolute atomic E-state index is 0.00237. The number of likely N-dealkylation sites (N-methyl/N-ethyl adjacent to an activating group) is 2. The van der Waals surface area contributed by atoms with Gasteiger partial charge in [0.25, 0.3) is 0 Å². The van der Waals surface area contributed by atoms with Crippen LogP contribution in [0.5, 0.6) is 0 Å². The Labute approximate surface area is 204 Å². The first-order chi connectivity index (χ1) is 15.8. The molecule has 0 aliphatic heterocycles. The van der Waals surface area contributed by atoms with Crippen molar-refractivity contribution in [3.8, 4) is 0 Å². The topological polar surface area (TPSA) is 98.7 Å². The van der Waals surface area contributed by atoms with E-state index >= 15 is 0 Å². The molecule has 1 aromatic rings. The summed E-state index contributed by atoms with van der Waals surface area (Å²) in [7, 11) is 3.45. The van der Waals surface area contributed by atoms with Crippen LogP contribution in [0.15, 0.2) is 42.0 Å². The first-order valence-corrected chi connectivity index (χ1v) is 12.0. The second-order valence-corrected chi connectivity index (χ2v) is 10.9. The number of hydrogen-bond acceptors (Lipinski definition) is 4. The summed E-state index contributed by atoms with van der Waals surface area (Å²) in [5.41, 5.74) is 0.479. The Kier molecular flexibility index (Phi) is 8.70. The molecule has 0 saturated heterocycles. The summed E-state index contributed by atoms with van der Waals surface area (Å²) in [4.78, 5) is 40.2. The number of hydrogen-bond donors (Lipinski definition) is 3. The van der Waals surface area contributed by atoms with Crippen molar-refractivity contribution >= 4 is 17.8 Å². The Balaban J connectivity index is 2.32. The van der Waals surface area contributed by atoms with Crippen LogP contribution in [0, 0.1) is 11.3 Å². The Morgan fingerprint density at radius 3 is 2.09 bits per heavy atom. The van der Waals surface area contributed by atoms with Crippen LogP contribution >= 0.6 is 0 Å². The highest BCUT2D eigenvalue weighted by Gasteiger charge is 2.53. The van der Waals surface area contributed by atoms with Gasteiger partial charge in [0.05, 0.1) is 12.1 Å². The maximum absolute atomic E-state index is 13.7. The molecule has 3 N–H and O–H groups in total. The van der Waals surface area contributed by atoms with Gasteiger partial charge in [0.1, 0.15) is 6.04 Å². The Morgan fingerprint density at radius 2 is 1.68 bits per heavy atom. The van der Waals surface area contributed by atoms with E-state index in [4.69, 9.17) is 0 Å². The van der Waals surface area contributed by atoms with Crippen LogP contribution in [0.4, 0.5) is 0 Å². The molecule has 1 saturated carbocycles. The molecule has 0 unspecified atom stereocenters. The highest BCUT2D eigenvalue weighted by atomic mass is 16.4. The molecule has 1 aliphatic carbocycles. The van der Waals surface area contributed by atoms with Gasteiger partial charge < -0.3 is 20.6 Å². The van der Waals surface area contributed by atoms with Crippen LogP contribution in [-0.4, -0.2) is 60.0 Å². The Morgan fingerprint density at radius 1 is 1.12 bits per heavy atom. The molecule has 0 aromatic heterocycles. The molecule has 1 fully saturated rings. The molecule has 0 bridgehead atoms. The third-order valence-corrected chi connectivity index (χ3v) is 6.88. The number of carboxylic acid groups (broad SMARTS) is 1. The lowest BCUT2D eigenvalue weighted by atomic mass is 9.83. The summed E-state index contributed by atoms with van der Waals surface area (Å²) in [6.07, 6.45) is 3.41. The summed E-state index contributed by atoms with van der Waals surface area (Å²) < 4.78 is 0. The summed E-state index contributed by atoms with van der Waals surface area (Å²) >= 11 is 0. The van der Waals surface area contributed by atoms with Gasteiger partial charge in [0, 0.05) is 18.0 Å². The van der Waals surface area contributed by atoms with Crippen molar-refractivity contribution in [2.45, 2.75) is 77.9 Å². The SMILES string of the molecule is CN[C@H](C(=O)N[C@H](C(=O)N(C)[C@H](/C=C(\C)C(=O)O)C(C)C)C(C)(C)C)C1(c2ccccc2)CC1. The summed E-state index contributed by atoms with van der Waals surface area (Å²) in [5, 5.41) is 15.6. The monoisotopic (exact) mass is 471 g/mol. The number of rotatable bonds is 10. The number of amides is 2. The van der Waals surface area contributed by atoms with Gasteiger partial charge in [-0.3, -0.25) is 9.59 Å². The third-order valence-electron chi connectivity index (χ3n) is 6.88. The summed E-state index contributed by atoms with van der Waals surface area (Å²) in [6, 6.07) is 8.38. The quantitative estimate of drug-likeness (QED) is 0.455. The van der Waals surface area contributed by atoms with E-state index in [1.54, 1.807) is 25.1 Å². The van der Waals surface area contributed by atoms with Gasteiger partial charge in [-0.15, -0.1) is 0 Å². The van der Waals surface area contributed by atoms with Crippen LogP contribution in [-0.2, 0) is 19.8 Å². The largest absolute Gasteiger partial charge is 0.478 e. The molecule has 0 spiro atoms. The summed E-state index contributed by atoms with van der Waals surface area (Å²) in [5.74, 6) is -1.46. The van der Waals surface area contributed by atoms with E-state index in [1.165, 1.54) is 6.92 Å². The molecule has 7 heteroatoms. The van der Waals surface area contributed by atoms with Crippen molar-refractivity contribution in [1.82, 2.24) is 15.5 Å². The van der Waals surface area contributed by atoms with Crippen LogP contribution in [0.2, 0.25) is 0 Å². The number of benzene rings is 1. The van der Waals surface area contributed by atoms with E-state index in [0.717, 1.165) is 18.4 Å². The van der Waals surface area contributed by atoms with Crippen LogP contribution in [0.1, 0.15) is 59.9 Å². The van der Waals surface area contributed by atoms with Crippen molar-refractivity contribution in [2.24, 2.45) is 11.3 Å². The number of nitrogens with zero attached hydrogens (tertiary/aromatic N) is 1. The molecule has 1 aliphatic rings. The fourth-order valence-electron chi connectivity index (χ4n) is 4.61. The molecule has 0 heterocycles. The highest BCUT2D eigenvalue weighted by Crippen LogP contribution is 2.51. The molecule has 34 heavy (non-hydrogen) atoms. The zero-order chi connectivity index (χ0) is 25.8. The molecule has 1 aromatic carbocycles. The van der Waals surface area contributed by atoms with Crippen molar-refractivity contribution in [3.63, 3.8) is 0 Å². The molecular weight excluding hydrogens is 430 g/mol. The number of carbonyl (C=O) groups is 3. The zero-order valence-corrected chi connectivity index (χ0v) is 21.8. The minimum atomic E-state index is -1.01. The molecule has 2 rings (SSSR count). The lowest BCUT2D eigenvalue weighted by molar-refractivity contribution is -0.140. The predicted molar refractivity (Wildman–Crippen MR) is 134 cm³/mol. The maximum atomic E-state index is 13.7. The van der Waals surface area contributed by atoms with E-state index in [1.807, 2.05) is 52.8 Å². The van der Waals surface area contributed by atoms with E-state index in [9.17, 15) is 19.5 Å². The standard InChI is InChI=1S/C27H41N3O4/c1-17(2)20(16-18(3)25(33)34)30(8)24(32)22(26(4,5)6)29-23(31)21(28-7)27(14-15-27)19-12-10-9-11-13-19/h9-13,16-17,20-22,28H,14-15H2,1-8H3,(H,29,31)(H,33,34)/b18-16+/t20-,21-,22-/m1/s1. The molecule has 0 radical (unpaired) electrons. The first-order valence-electron chi connectivity index (χ1n) is 12.0. The smallest absolute Gasteiger partial charge is 0.331 e. The van der Waals surface area contributed by atoms with E-state index in [2.05, 4.69) is 22.8 Å². The average Bonchev–Trinajstić information content (AvgIpc) is 3.56. The highest BCUT2D eigenvalue weighted by molar-refractivity contribution is 5.92. The number of aliphatic carboxylic acids is 1. The predicted octanol–water partition coefficient (Wildman–Crippen LogP) is 3.35. The van der Waals surface area contributed by atoms with Crippen LogP contribution in [0.25, 0.3) is 0 Å². The van der Waals surface area contributed by atoms with Gasteiger partial charge in [0.15, 0.2) is 0 Å². The summed E-state index contributed by atoms with van der Waals surface area (Å²) in [6.45, 7) is 11.2. The van der Waals surface area contributed by atoms with E-state index < -0.39 is 29.5 Å². The van der Waals surface area contributed by atoms with E-state index in [0.29, 0.717) is 0 Å². The van der Waals surface area contributed by atoms with Gasteiger partial charge in [0.2, 0.25) is 11.8 Å².